The molecule has 2 rings (SSSR count). The number of hydrogen-bond acceptors (Lipinski definition) is 3. The largest absolute Gasteiger partial charge is 0.382 e. The zero-order chi connectivity index (χ0) is 10.9. The Morgan fingerprint density at radius 2 is 2.13 bits per heavy atom. The van der Waals surface area contributed by atoms with Gasteiger partial charge in [-0.25, -0.2) is 8.42 Å². The van der Waals surface area contributed by atoms with Crippen LogP contribution in [0.4, 0.5) is 11.4 Å². The Morgan fingerprint density at radius 1 is 1.40 bits per heavy atom. The van der Waals surface area contributed by atoms with Crippen LogP contribution in [0.25, 0.3) is 0 Å². The van der Waals surface area contributed by atoms with E-state index < -0.39 is 10.0 Å². The molecular weight excluding hydrogens is 212 g/mol. The van der Waals surface area contributed by atoms with Crippen molar-refractivity contribution < 1.29 is 8.42 Å². The van der Waals surface area contributed by atoms with Gasteiger partial charge in [0.15, 0.2) is 0 Å². The SMILES string of the molecule is CCS(=O)(=O)N1CCNc2ccccc21. The number of para-hydroxylation sites is 2. The number of nitrogens with one attached hydrogen (secondary N) is 1. The standard InChI is InChI=1S/C10H14N2O2S/c1-2-15(13,14)12-8-7-11-9-5-3-4-6-10(9)12/h3-6,11H,2,7-8H2,1H3. The number of hydrogen-bond donors (Lipinski definition) is 1. The maximum absolute atomic E-state index is 11.8. The molecule has 0 bridgehead atoms. The number of benzene rings is 1. The van der Waals surface area contributed by atoms with Crippen molar-refractivity contribution in [2.75, 3.05) is 28.5 Å². The van der Waals surface area contributed by atoms with Crippen LogP contribution in [-0.4, -0.2) is 27.3 Å². The van der Waals surface area contributed by atoms with Gasteiger partial charge in [0, 0.05) is 6.54 Å². The van der Waals surface area contributed by atoms with Gasteiger partial charge in [0.05, 0.1) is 23.7 Å². The molecule has 0 saturated carbocycles. The Kier molecular flexibility index (Phi) is 2.56. The smallest absolute Gasteiger partial charge is 0.235 e. The summed E-state index contributed by atoms with van der Waals surface area (Å²) in [5.74, 6) is 0.140. The van der Waals surface area contributed by atoms with Crippen molar-refractivity contribution in [2.45, 2.75) is 6.92 Å². The highest BCUT2D eigenvalue weighted by atomic mass is 32.2. The first-order valence-corrected chi connectivity index (χ1v) is 6.59. The topological polar surface area (TPSA) is 49.4 Å². The molecule has 1 aliphatic heterocycles. The molecule has 0 amide bonds. The first-order valence-electron chi connectivity index (χ1n) is 4.98. The minimum atomic E-state index is -3.14. The van der Waals surface area contributed by atoms with Gasteiger partial charge in [-0.1, -0.05) is 12.1 Å². The van der Waals surface area contributed by atoms with E-state index in [1.165, 1.54) is 4.31 Å². The van der Waals surface area contributed by atoms with Gasteiger partial charge in [0.25, 0.3) is 0 Å². The maximum atomic E-state index is 11.8. The molecule has 0 aliphatic carbocycles. The van der Waals surface area contributed by atoms with Crippen molar-refractivity contribution in [3.8, 4) is 0 Å². The third-order valence-electron chi connectivity index (χ3n) is 2.50. The average molecular weight is 226 g/mol. The van der Waals surface area contributed by atoms with Crippen LogP contribution in [0, 0.1) is 0 Å². The van der Waals surface area contributed by atoms with Crippen molar-refractivity contribution in [1.29, 1.82) is 0 Å². The summed E-state index contributed by atoms with van der Waals surface area (Å²) >= 11 is 0. The minimum absolute atomic E-state index is 0.140. The lowest BCUT2D eigenvalue weighted by Crippen LogP contribution is -2.39. The van der Waals surface area contributed by atoms with Gasteiger partial charge in [-0.05, 0) is 19.1 Å². The molecule has 5 heteroatoms. The zero-order valence-corrected chi connectivity index (χ0v) is 9.42. The number of nitrogens with zero attached hydrogens (tertiary/aromatic N) is 1. The summed E-state index contributed by atoms with van der Waals surface area (Å²) in [5, 5.41) is 3.18. The molecule has 1 N–H and O–H groups in total. The number of rotatable bonds is 2. The summed E-state index contributed by atoms with van der Waals surface area (Å²) in [6, 6.07) is 7.47. The first-order chi connectivity index (χ1) is 7.15. The highest BCUT2D eigenvalue weighted by Crippen LogP contribution is 2.30. The van der Waals surface area contributed by atoms with Gasteiger partial charge in [0.2, 0.25) is 10.0 Å². The minimum Gasteiger partial charge on any atom is -0.382 e. The van der Waals surface area contributed by atoms with Gasteiger partial charge < -0.3 is 5.32 Å². The molecule has 0 radical (unpaired) electrons. The van der Waals surface area contributed by atoms with Gasteiger partial charge in [-0.3, -0.25) is 4.31 Å². The predicted molar refractivity (Wildman–Crippen MR) is 61.7 cm³/mol. The van der Waals surface area contributed by atoms with Gasteiger partial charge in [0.1, 0.15) is 0 Å². The van der Waals surface area contributed by atoms with E-state index in [9.17, 15) is 8.42 Å². The van der Waals surface area contributed by atoms with E-state index in [4.69, 9.17) is 0 Å². The quantitative estimate of drug-likeness (QED) is 0.826. The van der Waals surface area contributed by atoms with E-state index in [-0.39, 0.29) is 5.75 Å². The van der Waals surface area contributed by atoms with Crippen LogP contribution in [0.1, 0.15) is 6.92 Å². The van der Waals surface area contributed by atoms with Gasteiger partial charge in [-0.15, -0.1) is 0 Å². The summed E-state index contributed by atoms with van der Waals surface area (Å²) in [7, 11) is -3.14. The van der Waals surface area contributed by atoms with Crippen LogP contribution in [0.5, 0.6) is 0 Å². The zero-order valence-electron chi connectivity index (χ0n) is 8.60. The maximum Gasteiger partial charge on any atom is 0.235 e. The normalized spacial score (nSPS) is 15.7. The molecule has 0 unspecified atom stereocenters. The molecule has 82 valence electrons. The van der Waals surface area contributed by atoms with Crippen LogP contribution < -0.4 is 9.62 Å². The monoisotopic (exact) mass is 226 g/mol. The summed E-state index contributed by atoms with van der Waals surface area (Å²) in [5.41, 5.74) is 1.64. The first kappa shape index (κ1) is 10.3. The lowest BCUT2D eigenvalue weighted by atomic mass is 10.2. The van der Waals surface area contributed by atoms with Crippen molar-refractivity contribution in [2.24, 2.45) is 0 Å². The number of anilines is 2. The molecular formula is C10H14N2O2S. The van der Waals surface area contributed by atoms with Gasteiger partial charge >= 0.3 is 0 Å². The van der Waals surface area contributed by atoms with Crippen LogP contribution in [0.15, 0.2) is 24.3 Å². The van der Waals surface area contributed by atoms with E-state index in [1.807, 2.05) is 24.3 Å². The number of fused-ring (bicyclic) bond motifs is 1. The van der Waals surface area contributed by atoms with Crippen molar-refractivity contribution in [1.82, 2.24) is 0 Å². The molecule has 0 fully saturated rings. The van der Waals surface area contributed by atoms with Crippen LogP contribution in [-0.2, 0) is 10.0 Å². The lowest BCUT2D eigenvalue weighted by Gasteiger charge is -2.30. The van der Waals surface area contributed by atoms with Crippen LogP contribution in [0.3, 0.4) is 0 Å². The second-order valence-electron chi connectivity index (χ2n) is 3.42. The van der Waals surface area contributed by atoms with Crippen LogP contribution in [0.2, 0.25) is 0 Å². The fourth-order valence-corrected chi connectivity index (χ4v) is 2.84. The van der Waals surface area contributed by atoms with Crippen molar-refractivity contribution in [3.05, 3.63) is 24.3 Å². The van der Waals surface area contributed by atoms with Crippen molar-refractivity contribution >= 4 is 21.4 Å². The average Bonchev–Trinajstić information content (AvgIpc) is 2.28. The van der Waals surface area contributed by atoms with Gasteiger partial charge in [-0.2, -0.15) is 0 Å². The van der Waals surface area contributed by atoms with E-state index >= 15 is 0 Å². The summed E-state index contributed by atoms with van der Waals surface area (Å²) < 4.78 is 25.1. The molecule has 0 aromatic heterocycles. The van der Waals surface area contributed by atoms with E-state index in [0.717, 1.165) is 11.4 Å². The summed E-state index contributed by atoms with van der Waals surface area (Å²) in [6.07, 6.45) is 0. The molecule has 4 nitrogen and oxygen atoms in total. The predicted octanol–water partition coefficient (Wildman–Crippen LogP) is 1.27. The molecule has 15 heavy (non-hydrogen) atoms. The molecule has 0 spiro atoms. The molecule has 0 saturated heterocycles. The van der Waals surface area contributed by atoms with Crippen molar-refractivity contribution in [3.63, 3.8) is 0 Å². The van der Waals surface area contributed by atoms with E-state index in [2.05, 4.69) is 5.32 Å². The third-order valence-corrected chi connectivity index (χ3v) is 4.28. The second-order valence-corrected chi connectivity index (χ2v) is 5.60. The summed E-state index contributed by atoms with van der Waals surface area (Å²) in [6.45, 7) is 2.84. The lowest BCUT2D eigenvalue weighted by molar-refractivity contribution is 0.592. The Morgan fingerprint density at radius 3 is 2.87 bits per heavy atom. The molecule has 0 atom stereocenters. The summed E-state index contributed by atoms with van der Waals surface area (Å²) in [4.78, 5) is 0. The number of sulfonamides is 1. The van der Waals surface area contributed by atoms with Crippen LogP contribution >= 0.6 is 0 Å². The fraction of sp³-hybridized carbons (Fsp3) is 0.400. The Bertz CT molecular complexity index is 456. The second kappa shape index (κ2) is 3.73. The highest BCUT2D eigenvalue weighted by molar-refractivity contribution is 7.92. The Balaban J connectivity index is 2.47. The fourth-order valence-electron chi connectivity index (χ4n) is 1.70. The van der Waals surface area contributed by atoms with E-state index in [1.54, 1.807) is 6.92 Å². The highest BCUT2D eigenvalue weighted by Gasteiger charge is 2.25. The third kappa shape index (κ3) is 1.79. The molecule has 1 aromatic rings. The Hall–Kier alpha value is -1.23. The molecule has 1 aromatic carbocycles. The Labute approximate surface area is 90.0 Å². The van der Waals surface area contributed by atoms with E-state index in [0.29, 0.717) is 13.1 Å². The molecule has 1 heterocycles. The molecule has 1 aliphatic rings.